The molecule has 2 aromatic rings. The van der Waals surface area contributed by atoms with E-state index in [1.165, 1.54) is 24.3 Å². The van der Waals surface area contributed by atoms with Crippen LogP contribution in [-0.4, -0.2) is 44.6 Å². The van der Waals surface area contributed by atoms with Crippen LogP contribution in [0.3, 0.4) is 0 Å². The number of carbonyl (C=O) groups is 1. The van der Waals surface area contributed by atoms with Crippen LogP contribution in [0.2, 0.25) is 0 Å². The molecule has 0 amide bonds. The molecule has 1 aliphatic rings. The Morgan fingerprint density at radius 3 is 2.52 bits per heavy atom. The molecule has 3 N–H and O–H groups in total. The Bertz CT molecular complexity index is 1100. The largest absolute Gasteiger partial charge is 0.463 e. The van der Waals surface area contributed by atoms with Gasteiger partial charge in [-0.25, -0.2) is 12.8 Å². The molecular formula is C22H25FN2O5S. The molecule has 9 heteroatoms. The molecular weight excluding hydrogens is 423 g/mol. The molecule has 3 rings (SSSR count). The average molecular weight is 449 g/mol. The molecule has 2 atom stereocenters. The summed E-state index contributed by atoms with van der Waals surface area (Å²) in [5.74, 6) is -1.43. The minimum absolute atomic E-state index is 0.0380. The third kappa shape index (κ3) is 4.95. The van der Waals surface area contributed by atoms with Gasteiger partial charge in [0.2, 0.25) is 0 Å². The first-order valence-electron chi connectivity index (χ1n) is 9.67. The monoisotopic (exact) mass is 448 g/mol. The molecule has 1 aliphatic heterocycles. The van der Waals surface area contributed by atoms with Crippen molar-refractivity contribution in [2.45, 2.75) is 23.9 Å². The van der Waals surface area contributed by atoms with Crippen molar-refractivity contribution in [1.29, 1.82) is 0 Å². The summed E-state index contributed by atoms with van der Waals surface area (Å²) in [6.07, 6.45) is 2.89. The highest BCUT2D eigenvalue weighted by Crippen LogP contribution is 2.43. The number of aliphatic hydroxyl groups excluding tert-OH is 1. The summed E-state index contributed by atoms with van der Waals surface area (Å²) in [5, 5.41) is 8.87. The number of nitrogens with two attached hydrogens (primary N) is 1. The van der Waals surface area contributed by atoms with Crippen LogP contribution < -0.4 is 10.6 Å². The molecule has 2 aromatic carbocycles. The summed E-state index contributed by atoms with van der Waals surface area (Å²) in [7, 11) is -3.36. The SMILES string of the molecule is C[C@]1(N)[C@@H](CC(=O)OCCO)C=C(c2ccc(S(C)(=O)=O)cc2)N1c1cccc(F)c1. The van der Waals surface area contributed by atoms with E-state index in [4.69, 9.17) is 15.6 Å². The highest BCUT2D eigenvalue weighted by Gasteiger charge is 2.44. The van der Waals surface area contributed by atoms with Crippen LogP contribution >= 0.6 is 0 Å². The number of hydrogen-bond donors (Lipinski definition) is 2. The predicted molar refractivity (Wildman–Crippen MR) is 115 cm³/mol. The van der Waals surface area contributed by atoms with E-state index in [0.717, 1.165) is 6.26 Å². The standard InChI is InChI=1S/C22H25FN2O5S/c1-22(24)16(13-21(27)30-11-10-26)12-20(25(22)18-5-3-4-17(23)14-18)15-6-8-19(9-7-15)31(2,28)29/h3-9,12,14,16,26H,10-11,13,24H2,1-2H3/t16-,22-/m1/s1. The highest BCUT2D eigenvalue weighted by atomic mass is 32.2. The minimum Gasteiger partial charge on any atom is -0.463 e. The van der Waals surface area contributed by atoms with Gasteiger partial charge in [0.1, 0.15) is 12.4 Å². The van der Waals surface area contributed by atoms with Crippen molar-refractivity contribution in [3.05, 3.63) is 66.0 Å². The summed E-state index contributed by atoms with van der Waals surface area (Å²) in [4.78, 5) is 14.1. The van der Waals surface area contributed by atoms with Gasteiger partial charge in [-0.3, -0.25) is 4.79 Å². The molecule has 31 heavy (non-hydrogen) atoms. The normalized spacial score (nSPS) is 21.1. The molecule has 0 aromatic heterocycles. The van der Waals surface area contributed by atoms with Gasteiger partial charge in [0.25, 0.3) is 0 Å². The summed E-state index contributed by atoms with van der Waals surface area (Å²) < 4.78 is 42.6. The van der Waals surface area contributed by atoms with Crippen LogP contribution in [-0.2, 0) is 19.4 Å². The Morgan fingerprint density at radius 1 is 1.26 bits per heavy atom. The second-order valence-electron chi connectivity index (χ2n) is 7.64. The zero-order chi connectivity index (χ0) is 22.8. The van der Waals surface area contributed by atoms with Crippen molar-refractivity contribution < 1.29 is 27.4 Å². The first-order valence-corrected chi connectivity index (χ1v) is 11.6. The van der Waals surface area contributed by atoms with Crippen molar-refractivity contribution in [3.63, 3.8) is 0 Å². The fraction of sp³-hybridized carbons (Fsp3) is 0.318. The summed E-state index contributed by atoms with van der Waals surface area (Å²) in [6.45, 7) is 1.35. The number of nitrogens with zero attached hydrogens (tertiary/aromatic N) is 1. The van der Waals surface area contributed by atoms with Crippen molar-refractivity contribution in [2.75, 3.05) is 24.4 Å². The lowest BCUT2D eigenvalue weighted by atomic mass is 9.93. The zero-order valence-corrected chi connectivity index (χ0v) is 18.1. The Kier molecular flexibility index (Phi) is 6.49. The number of sulfone groups is 1. The number of hydrogen-bond acceptors (Lipinski definition) is 7. The Balaban J connectivity index is 2.04. The molecule has 0 bridgehead atoms. The van der Waals surface area contributed by atoms with Gasteiger partial charge in [0, 0.05) is 23.6 Å². The lowest BCUT2D eigenvalue weighted by molar-refractivity contribution is -0.145. The third-order valence-corrected chi connectivity index (χ3v) is 6.35. The third-order valence-electron chi connectivity index (χ3n) is 5.22. The van der Waals surface area contributed by atoms with E-state index in [9.17, 15) is 17.6 Å². The first-order chi connectivity index (χ1) is 14.5. The van der Waals surface area contributed by atoms with E-state index < -0.39 is 33.2 Å². The number of esters is 1. The lowest BCUT2D eigenvalue weighted by Gasteiger charge is -2.39. The van der Waals surface area contributed by atoms with Crippen LogP contribution in [0.25, 0.3) is 5.70 Å². The predicted octanol–water partition coefficient (Wildman–Crippen LogP) is 2.31. The van der Waals surface area contributed by atoms with Gasteiger partial charge in [-0.1, -0.05) is 24.3 Å². The average Bonchev–Trinajstić information content (AvgIpc) is 2.96. The van der Waals surface area contributed by atoms with Gasteiger partial charge in [-0.05, 0) is 42.8 Å². The molecule has 0 unspecified atom stereocenters. The maximum atomic E-state index is 14.0. The first kappa shape index (κ1) is 22.9. The molecule has 0 saturated heterocycles. The molecule has 0 spiro atoms. The van der Waals surface area contributed by atoms with Crippen molar-refractivity contribution in [2.24, 2.45) is 11.7 Å². The second kappa shape index (κ2) is 8.78. The number of rotatable bonds is 7. The number of carbonyl (C=O) groups excluding carboxylic acids is 1. The van der Waals surface area contributed by atoms with Crippen molar-refractivity contribution in [3.8, 4) is 0 Å². The smallest absolute Gasteiger partial charge is 0.306 e. The van der Waals surface area contributed by atoms with E-state index in [-0.39, 0.29) is 24.5 Å². The molecule has 0 radical (unpaired) electrons. The summed E-state index contributed by atoms with van der Waals surface area (Å²) >= 11 is 0. The minimum atomic E-state index is -3.36. The number of ether oxygens (including phenoxy) is 1. The van der Waals surface area contributed by atoms with Gasteiger partial charge >= 0.3 is 5.97 Å². The fourth-order valence-electron chi connectivity index (χ4n) is 3.65. The summed E-state index contributed by atoms with van der Waals surface area (Å²) in [6, 6.07) is 12.2. The summed E-state index contributed by atoms with van der Waals surface area (Å²) in [5.41, 5.74) is 7.33. The number of aliphatic hydroxyl groups is 1. The Labute approximate surface area is 180 Å². The molecule has 166 valence electrons. The quantitative estimate of drug-likeness (QED) is 0.626. The number of anilines is 1. The molecule has 1 heterocycles. The fourth-order valence-corrected chi connectivity index (χ4v) is 4.28. The van der Waals surface area contributed by atoms with Gasteiger partial charge in [-0.15, -0.1) is 0 Å². The van der Waals surface area contributed by atoms with E-state index in [1.54, 1.807) is 42.2 Å². The van der Waals surface area contributed by atoms with Crippen LogP contribution in [0.15, 0.2) is 59.5 Å². The van der Waals surface area contributed by atoms with Crippen molar-refractivity contribution in [1.82, 2.24) is 0 Å². The lowest BCUT2D eigenvalue weighted by Crippen LogP contribution is -2.54. The van der Waals surface area contributed by atoms with E-state index in [2.05, 4.69) is 0 Å². The van der Waals surface area contributed by atoms with Crippen LogP contribution in [0.4, 0.5) is 10.1 Å². The molecule has 0 fully saturated rings. The maximum absolute atomic E-state index is 14.0. The van der Waals surface area contributed by atoms with Crippen LogP contribution in [0, 0.1) is 11.7 Å². The zero-order valence-electron chi connectivity index (χ0n) is 17.3. The van der Waals surface area contributed by atoms with Gasteiger partial charge in [0.05, 0.1) is 23.6 Å². The van der Waals surface area contributed by atoms with E-state index in [1.807, 2.05) is 0 Å². The Hall–Kier alpha value is -2.75. The van der Waals surface area contributed by atoms with Gasteiger partial charge in [0.15, 0.2) is 9.84 Å². The topological polar surface area (TPSA) is 110 Å². The molecule has 0 saturated carbocycles. The van der Waals surface area contributed by atoms with Crippen LogP contribution in [0.5, 0.6) is 0 Å². The van der Waals surface area contributed by atoms with Gasteiger partial charge in [-0.2, -0.15) is 0 Å². The van der Waals surface area contributed by atoms with Crippen molar-refractivity contribution >= 4 is 27.2 Å². The van der Waals surface area contributed by atoms with E-state index in [0.29, 0.717) is 16.9 Å². The van der Waals surface area contributed by atoms with Gasteiger partial charge < -0.3 is 20.5 Å². The molecule has 0 aliphatic carbocycles. The van der Waals surface area contributed by atoms with Crippen LogP contribution in [0.1, 0.15) is 18.9 Å². The molecule has 7 nitrogen and oxygen atoms in total. The maximum Gasteiger partial charge on any atom is 0.306 e. The van der Waals surface area contributed by atoms with E-state index >= 15 is 0 Å². The Morgan fingerprint density at radius 2 is 1.94 bits per heavy atom. The second-order valence-corrected chi connectivity index (χ2v) is 9.66. The number of benzene rings is 2. The highest BCUT2D eigenvalue weighted by molar-refractivity contribution is 7.90. The number of halogens is 1.